The molecular weight excluding hydrogens is 291 g/mol. The van der Waals surface area contributed by atoms with Gasteiger partial charge in [-0.1, -0.05) is 0 Å². The topological polar surface area (TPSA) is 35.8 Å². The van der Waals surface area contributed by atoms with Crippen molar-refractivity contribution in [3.63, 3.8) is 0 Å². The van der Waals surface area contributed by atoms with Crippen molar-refractivity contribution >= 4 is 11.4 Å². The predicted octanol–water partition coefficient (Wildman–Crippen LogP) is 4.60. The van der Waals surface area contributed by atoms with E-state index in [0.717, 1.165) is 36.4 Å². The highest BCUT2D eigenvalue weighted by atomic mass is 19.4. The zero-order valence-electron chi connectivity index (χ0n) is 10.3. The molecule has 0 atom stereocenters. The lowest BCUT2D eigenvalue weighted by molar-refractivity contribution is -0.137. The lowest BCUT2D eigenvalue weighted by Gasteiger charge is -2.10. The zero-order valence-corrected chi connectivity index (χ0v) is 10.3. The number of rotatable bonds is 2. The van der Waals surface area contributed by atoms with Gasteiger partial charge in [-0.05, 0) is 36.4 Å². The molecule has 2 aromatic rings. The maximum absolute atomic E-state index is 13.6. The predicted molar refractivity (Wildman–Crippen MR) is 65.8 cm³/mol. The van der Waals surface area contributed by atoms with Gasteiger partial charge in [-0.3, -0.25) is 0 Å². The molecule has 0 fully saturated rings. The van der Waals surface area contributed by atoms with E-state index in [2.05, 4.69) is 5.32 Å². The first-order valence-electron chi connectivity index (χ1n) is 5.65. The summed E-state index contributed by atoms with van der Waals surface area (Å²) in [6.07, 6.45) is -4.47. The number of halogens is 5. The fourth-order valence-electron chi connectivity index (χ4n) is 1.63. The number of nitriles is 1. The van der Waals surface area contributed by atoms with Gasteiger partial charge in [-0.15, -0.1) is 0 Å². The Labute approximate surface area is 116 Å². The van der Waals surface area contributed by atoms with Crippen molar-refractivity contribution in [1.82, 2.24) is 0 Å². The van der Waals surface area contributed by atoms with E-state index in [1.54, 1.807) is 0 Å². The van der Waals surface area contributed by atoms with Crippen LogP contribution in [0.25, 0.3) is 0 Å². The molecule has 7 heteroatoms. The summed E-state index contributed by atoms with van der Waals surface area (Å²) in [6.45, 7) is 0. The molecule has 0 aliphatic carbocycles. The molecule has 0 saturated carbocycles. The third kappa shape index (κ3) is 3.11. The Hall–Kier alpha value is -2.62. The number of alkyl halides is 3. The Morgan fingerprint density at radius 1 is 0.905 bits per heavy atom. The van der Waals surface area contributed by atoms with Crippen LogP contribution in [0.2, 0.25) is 0 Å². The first-order chi connectivity index (χ1) is 9.82. The minimum absolute atomic E-state index is 0.158. The molecule has 2 rings (SSSR count). The first-order valence-corrected chi connectivity index (χ1v) is 5.65. The van der Waals surface area contributed by atoms with E-state index < -0.39 is 28.9 Å². The van der Waals surface area contributed by atoms with E-state index in [1.807, 2.05) is 0 Å². The van der Waals surface area contributed by atoms with Gasteiger partial charge in [0.05, 0.1) is 16.8 Å². The van der Waals surface area contributed by atoms with Gasteiger partial charge in [0, 0.05) is 5.69 Å². The normalized spacial score (nSPS) is 11.0. The average molecular weight is 298 g/mol. The minimum Gasteiger partial charge on any atom is -0.353 e. The van der Waals surface area contributed by atoms with Crippen molar-refractivity contribution in [3.05, 3.63) is 59.2 Å². The number of anilines is 2. The summed E-state index contributed by atoms with van der Waals surface area (Å²) >= 11 is 0. The molecule has 0 bridgehead atoms. The minimum atomic E-state index is -4.47. The Balaban J connectivity index is 2.27. The lowest BCUT2D eigenvalue weighted by Crippen LogP contribution is -2.04. The van der Waals surface area contributed by atoms with Crippen molar-refractivity contribution in [3.8, 4) is 6.07 Å². The van der Waals surface area contributed by atoms with E-state index in [-0.39, 0.29) is 11.4 Å². The van der Waals surface area contributed by atoms with Gasteiger partial charge in [0.15, 0.2) is 11.6 Å². The second kappa shape index (κ2) is 5.40. The highest BCUT2D eigenvalue weighted by Gasteiger charge is 2.29. The molecule has 2 nitrogen and oxygen atoms in total. The van der Waals surface area contributed by atoms with Crippen LogP contribution in [0.15, 0.2) is 36.4 Å². The number of hydrogen-bond donors (Lipinski definition) is 1. The van der Waals surface area contributed by atoms with Crippen LogP contribution >= 0.6 is 0 Å². The molecule has 1 N–H and O–H groups in total. The summed E-state index contributed by atoms with van der Waals surface area (Å²) in [7, 11) is 0. The second-order valence-corrected chi connectivity index (χ2v) is 4.10. The Morgan fingerprint density at radius 3 is 2.05 bits per heavy atom. The summed E-state index contributed by atoms with van der Waals surface area (Å²) in [5, 5.41) is 11.0. The van der Waals surface area contributed by atoms with E-state index >= 15 is 0 Å². The third-order valence-corrected chi connectivity index (χ3v) is 2.69. The first kappa shape index (κ1) is 14.8. The largest absolute Gasteiger partial charge is 0.416 e. The molecule has 0 aliphatic rings. The molecule has 2 aromatic carbocycles. The van der Waals surface area contributed by atoms with Crippen molar-refractivity contribution in [1.29, 1.82) is 5.26 Å². The van der Waals surface area contributed by atoms with Crippen LogP contribution in [0.3, 0.4) is 0 Å². The fourth-order valence-corrected chi connectivity index (χ4v) is 1.63. The van der Waals surface area contributed by atoms with Crippen LogP contribution in [-0.2, 0) is 6.18 Å². The smallest absolute Gasteiger partial charge is 0.353 e. The summed E-state index contributed by atoms with van der Waals surface area (Å²) < 4.78 is 64.2. The molecule has 0 aromatic heterocycles. The number of nitrogens with one attached hydrogen (secondary N) is 1. The molecule has 0 aliphatic heterocycles. The fraction of sp³-hybridized carbons (Fsp3) is 0.0714. The van der Waals surface area contributed by atoms with Gasteiger partial charge in [0.2, 0.25) is 0 Å². The third-order valence-electron chi connectivity index (χ3n) is 2.69. The summed E-state index contributed by atoms with van der Waals surface area (Å²) in [6, 6.07) is 7.52. The highest BCUT2D eigenvalue weighted by Crippen LogP contribution is 2.31. The van der Waals surface area contributed by atoms with Crippen LogP contribution in [0.4, 0.5) is 33.3 Å². The maximum atomic E-state index is 13.6. The van der Waals surface area contributed by atoms with Crippen LogP contribution < -0.4 is 5.32 Å². The molecule has 0 radical (unpaired) electrons. The molecule has 0 heterocycles. The van der Waals surface area contributed by atoms with Crippen LogP contribution in [0, 0.1) is 23.0 Å². The Morgan fingerprint density at radius 2 is 1.52 bits per heavy atom. The number of nitrogens with zero attached hydrogens (tertiary/aromatic N) is 1. The SMILES string of the molecule is N#Cc1ccc(Nc2ccc(C(F)(F)F)cc2)c(F)c1F. The molecule has 0 spiro atoms. The Bertz CT molecular complexity index is 699. The van der Waals surface area contributed by atoms with Gasteiger partial charge in [0.1, 0.15) is 6.07 Å². The monoisotopic (exact) mass is 298 g/mol. The van der Waals surface area contributed by atoms with Crippen LogP contribution in [0.1, 0.15) is 11.1 Å². The molecule has 0 unspecified atom stereocenters. The second-order valence-electron chi connectivity index (χ2n) is 4.10. The van der Waals surface area contributed by atoms with Crippen molar-refractivity contribution in [2.45, 2.75) is 6.18 Å². The quantitative estimate of drug-likeness (QED) is 0.822. The molecular formula is C14H7F5N2. The summed E-state index contributed by atoms with van der Waals surface area (Å²) in [5.74, 6) is -2.58. The molecule has 21 heavy (non-hydrogen) atoms. The van der Waals surface area contributed by atoms with E-state index in [4.69, 9.17) is 5.26 Å². The van der Waals surface area contributed by atoms with E-state index in [1.165, 1.54) is 6.07 Å². The molecule has 108 valence electrons. The van der Waals surface area contributed by atoms with Crippen molar-refractivity contribution < 1.29 is 22.0 Å². The molecule has 0 saturated heterocycles. The lowest BCUT2D eigenvalue weighted by atomic mass is 10.1. The van der Waals surface area contributed by atoms with Crippen molar-refractivity contribution in [2.75, 3.05) is 5.32 Å². The van der Waals surface area contributed by atoms with Gasteiger partial charge < -0.3 is 5.32 Å². The highest BCUT2D eigenvalue weighted by molar-refractivity contribution is 5.61. The summed E-state index contributed by atoms with van der Waals surface area (Å²) in [5.41, 5.74) is -1.41. The van der Waals surface area contributed by atoms with E-state index in [0.29, 0.717) is 0 Å². The van der Waals surface area contributed by atoms with Gasteiger partial charge in [-0.25, -0.2) is 8.78 Å². The zero-order chi connectivity index (χ0) is 15.6. The average Bonchev–Trinajstić information content (AvgIpc) is 2.44. The number of benzene rings is 2. The summed E-state index contributed by atoms with van der Waals surface area (Å²) in [4.78, 5) is 0. The van der Waals surface area contributed by atoms with Gasteiger partial charge >= 0.3 is 6.18 Å². The molecule has 0 amide bonds. The number of hydrogen-bond acceptors (Lipinski definition) is 2. The standard InChI is InChI=1S/C14H7F5N2/c15-12-8(7-20)1-6-11(13(12)16)21-10-4-2-9(3-5-10)14(17,18)19/h1-6,21H. The Kier molecular flexibility index (Phi) is 3.80. The van der Waals surface area contributed by atoms with Crippen LogP contribution in [0.5, 0.6) is 0 Å². The van der Waals surface area contributed by atoms with Gasteiger partial charge in [0.25, 0.3) is 0 Å². The maximum Gasteiger partial charge on any atom is 0.416 e. The van der Waals surface area contributed by atoms with Crippen LogP contribution in [-0.4, -0.2) is 0 Å². The van der Waals surface area contributed by atoms with Crippen molar-refractivity contribution in [2.24, 2.45) is 0 Å². The van der Waals surface area contributed by atoms with E-state index in [9.17, 15) is 22.0 Å². The van der Waals surface area contributed by atoms with Gasteiger partial charge in [-0.2, -0.15) is 18.4 Å².